The average molecular weight is 211 g/mol. The molecule has 0 aliphatic carbocycles. The summed E-state index contributed by atoms with van der Waals surface area (Å²) in [5.74, 6) is -0.809. The molecule has 0 spiro atoms. The Labute approximate surface area is 89.3 Å². The highest BCUT2D eigenvalue weighted by atomic mass is 16.4. The first kappa shape index (κ1) is 11.7. The van der Waals surface area contributed by atoms with E-state index in [1.807, 2.05) is 20.0 Å². The predicted octanol–water partition coefficient (Wildman–Crippen LogP) is 0.633. The Morgan fingerprint density at radius 2 is 2.33 bits per heavy atom. The minimum atomic E-state index is -0.809. The average Bonchev–Trinajstić information content (AvgIpc) is 2.43. The summed E-state index contributed by atoms with van der Waals surface area (Å²) in [4.78, 5) is 12.5. The Kier molecular flexibility index (Phi) is 3.47. The van der Waals surface area contributed by atoms with E-state index in [2.05, 4.69) is 5.10 Å². The molecule has 15 heavy (non-hydrogen) atoms. The topological polar surface area (TPSA) is 58.4 Å². The van der Waals surface area contributed by atoms with Crippen molar-refractivity contribution in [3.8, 4) is 0 Å². The molecule has 0 radical (unpaired) electrons. The number of hydrogen-bond acceptors (Lipinski definition) is 3. The summed E-state index contributed by atoms with van der Waals surface area (Å²) in [7, 11) is 3.66. The van der Waals surface area contributed by atoms with E-state index in [9.17, 15) is 4.79 Å². The van der Waals surface area contributed by atoms with Crippen LogP contribution in [-0.4, -0.2) is 38.8 Å². The Bertz CT molecular complexity index is 360. The molecule has 1 atom stereocenters. The molecular formula is C10H17N3O2. The molecule has 0 aromatic carbocycles. The van der Waals surface area contributed by atoms with Gasteiger partial charge in [-0.15, -0.1) is 0 Å². The molecule has 84 valence electrons. The Balaban J connectivity index is 2.70. The van der Waals surface area contributed by atoms with E-state index in [0.29, 0.717) is 6.54 Å². The van der Waals surface area contributed by atoms with Crippen LogP contribution in [0.25, 0.3) is 0 Å². The van der Waals surface area contributed by atoms with Crippen molar-refractivity contribution in [1.29, 1.82) is 0 Å². The number of rotatable bonds is 4. The van der Waals surface area contributed by atoms with E-state index in [-0.39, 0.29) is 0 Å². The van der Waals surface area contributed by atoms with Crippen molar-refractivity contribution < 1.29 is 9.90 Å². The number of nitrogens with zero attached hydrogens (tertiary/aromatic N) is 3. The highest BCUT2D eigenvalue weighted by Crippen LogP contribution is 2.07. The fourth-order valence-corrected chi connectivity index (χ4v) is 1.39. The number of carboxylic acid groups (broad SMARTS) is 1. The summed E-state index contributed by atoms with van der Waals surface area (Å²) >= 11 is 0. The molecule has 0 amide bonds. The van der Waals surface area contributed by atoms with Gasteiger partial charge in [0, 0.05) is 13.6 Å². The normalized spacial score (nSPS) is 13.1. The van der Waals surface area contributed by atoms with E-state index in [4.69, 9.17) is 5.11 Å². The Hall–Kier alpha value is -1.36. The molecule has 0 saturated heterocycles. The van der Waals surface area contributed by atoms with Crippen LogP contribution in [0.5, 0.6) is 0 Å². The maximum absolute atomic E-state index is 10.8. The van der Waals surface area contributed by atoms with Crippen molar-refractivity contribution >= 4 is 5.97 Å². The lowest BCUT2D eigenvalue weighted by Gasteiger charge is -2.20. The minimum absolute atomic E-state index is 0.486. The molecule has 1 rings (SSSR count). The number of aromatic nitrogens is 2. The first-order chi connectivity index (χ1) is 6.91. The van der Waals surface area contributed by atoms with Crippen molar-refractivity contribution in [2.75, 3.05) is 7.05 Å². The van der Waals surface area contributed by atoms with Crippen LogP contribution in [0.4, 0.5) is 0 Å². The van der Waals surface area contributed by atoms with Gasteiger partial charge in [0.2, 0.25) is 0 Å². The van der Waals surface area contributed by atoms with E-state index in [1.54, 1.807) is 23.6 Å². The van der Waals surface area contributed by atoms with E-state index in [0.717, 1.165) is 11.4 Å². The molecule has 0 saturated carbocycles. The van der Waals surface area contributed by atoms with Crippen LogP contribution >= 0.6 is 0 Å². The number of carbonyl (C=O) groups is 1. The summed E-state index contributed by atoms with van der Waals surface area (Å²) in [6, 6.07) is 1.48. The first-order valence-electron chi connectivity index (χ1n) is 4.84. The SMILES string of the molecule is Cc1cc(CN(C)C(C)C(=O)O)n(C)n1. The number of carboxylic acids is 1. The van der Waals surface area contributed by atoms with Crippen LogP contribution in [0.15, 0.2) is 6.07 Å². The molecule has 1 heterocycles. The highest BCUT2D eigenvalue weighted by molar-refractivity contribution is 5.72. The number of hydrogen-bond donors (Lipinski definition) is 1. The second-order valence-corrected chi connectivity index (χ2v) is 3.83. The quantitative estimate of drug-likeness (QED) is 0.793. The Morgan fingerprint density at radius 3 is 2.73 bits per heavy atom. The molecule has 0 aliphatic heterocycles. The van der Waals surface area contributed by atoms with Gasteiger partial charge in [0.25, 0.3) is 0 Å². The monoisotopic (exact) mass is 211 g/mol. The van der Waals surface area contributed by atoms with Crippen LogP contribution in [0.2, 0.25) is 0 Å². The molecular weight excluding hydrogens is 194 g/mol. The van der Waals surface area contributed by atoms with Gasteiger partial charge in [-0.25, -0.2) is 0 Å². The zero-order valence-corrected chi connectivity index (χ0v) is 9.56. The lowest BCUT2D eigenvalue weighted by atomic mass is 10.2. The molecule has 1 N–H and O–H groups in total. The maximum Gasteiger partial charge on any atom is 0.320 e. The first-order valence-corrected chi connectivity index (χ1v) is 4.84. The predicted molar refractivity (Wildman–Crippen MR) is 56.5 cm³/mol. The summed E-state index contributed by atoms with van der Waals surface area (Å²) in [5, 5.41) is 13.1. The maximum atomic E-state index is 10.8. The summed E-state index contributed by atoms with van der Waals surface area (Å²) in [6.07, 6.45) is 0. The summed E-state index contributed by atoms with van der Waals surface area (Å²) in [6.45, 7) is 4.18. The second kappa shape index (κ2) is 4.44. The molecule has 1 aromatic rings. The van der Waals surface area contributed by atoms with Crippen molar-refractivity contribution in [1.82, 2.24) is 14.7 Å². The summed E-state index contributed by atoms with van der Waals surface area (Å²) < 4.78 is 1.78. The van der Waals surface area contributed by atoms with Gasteiger partial charge in [-0.3, -0.25) is 14.4 Å². The van der Waals surface area contributed by atoms with Crippen molar-refractivity contribution in [2.45, 2.75) is 26.4 Å². The molecule has 1 unspecified atom stereocenters. The van der Waals surface area contributed by atoms with Crippen molar-refractivity contribution in [2.24, 2.45) is 7.05 Å². The standard InChI is InChI=1S/C10H17N3O2/c1-7-5-9(13(4)11-7)6-12(3)8(2)10(14)15/h5,8H,6H2,1-4H3,(H,14,15). The largest absolute Gasteiger partial charge is 0.480 e. The van der Waals surface area contributed by atoms with Gasteiger partial charge < -0.3 is 5.11 Å². The van der Waals surface area contributed by atoms with Crippen LogP contribution in [0.3, 0.4) is 0 Å². The lowest BCUT2D eigenvalue weighted by molar-refractivity contribution is -0.142. The van der Waals surface area contributed by atoms with E-state index in [1.165, 1.54) is 0 Å². The molecule has 0 fully saturated rings. The van der Waals surface area contributed by atoms with Gasteiger partial charge in [0.15, 0.2) is 0 Å². The highest BCUT2D eigenvalue weighted by Gasteiger charge is 2.17. The minimum Gasteiger partial charge on any atom is -0.480 e. The van der Waals surface area contributed by atoms with E-state index >= 15 is 0 Å². The van der Waals surface area contributed by atoms with Crippen molar-refractivity contribution in [3.05, 3.63) is 17.5 Å². The lowest BCUT2D eigenvalue weighted by Crippen LogP contribution is -2.35. The molecule has 5 nitrogen and oxygen atoms in total. The summed E-state index contributed by atoms with van der Waals surface area (Å²) in [5.41, 5.74) is 1.96. The van der Waals surface area contributed by atoms with Gasteiger partial charge >= 0.3 is 5.97 Å². The molecule has 0 aliphatic rings. The van der Waals surface area contributed by atoms with Gasteiger partial charge in [-0.2, -0.15) is 5.10 Å². The Morgan fingerprint density at radius 1 is 1.73 bits per heavy atom. The van der Waals surface area contributed by atoms with Crippen molar-refractivity contribution in [3.63, 3.8) is 0 Å². The number of aryl methyl sites for hydroxylation is 2. The zero-order valence-electron chi connectivity index (χ0n) is 9.56. The van der Waals surface area contributed by atoms with Crippen LogP contribution in [0, 0.1) is 6.92 Å². The van der Waals surface area contributed by atoms with Gasteiger partial charge in [-0.05, 0) is 27.0 Å². The third-order valence-corrected chi connectivity index (χ3v) is 2.53. The third-order valence-electron chi connectivity index (χ3n) is 2.53. The van der Waals surface area contributed by atoms with Crippen LogP contribution in [0.1, 0.15) is 18.3 Å². The molecule has 5 heteroatoms. The molecule has 1 aromatic heterocycles. The molecule has 0 bridgehead atoms. The van der Waals surface area contributed by atoms with Gasteiger partial charge in [0.1, 0.15) is 6.04 Å². The van der Waals surface area contributed by atoms with Gasteiger partial charge in [-0.1, -0.05) is 0 Å². The smallest absolute Gasteiger partial charge is 0.320 e. The third kappa shape index (κ3) is 2.79. The fourth-order valence-electron chi connectivity index (χ4n) is 1.39. The fraction of sp³-hybridized carbons (Fsp3) is 0.600. The number of likely N-dealkylation sites (N-methyl/N-ethyl adjacent to an activating group) is 1. The van der Waals surface area contributed by atoms with E-state index < -0.39 is 12.0 Å². The number of aliphatic carboxylic acids is 1. The van der Waals surface area contributed by atoms with Gasteiger partial charge in [0.05, 0.1) is 11.4 Å². The van der Waals surface area contributed by atoms with Crippen LogP contribution in [-0.2, 0) is 18.4 Å². The zero-order chi connectivity index (χ0) is 11.6. The second-order valence-electron chi connectivity index (χ2n) is 3.83. The van der Waals surface area contributed by atoms with Crippen LogP contribution < -0.4 is 0 Å².